The first-order chi connectivity index (χ1) is 12.6. The van der Waals surface area contributed by atoms with Crippen LogP contribution >= 0.6 is 0 Å². The van der Waals surface area contributed by atoms with Gasteiger partial charge in [-0.25, -0.2) is 0 Å². The van der Waals surface area contributed by atoms with E-state index in [-0.39, 0.29) is 12.7 Å². The number of hydrogen-bond donors (Lipinski definition) is 1. The molecule has 1 aliphatic heterocycles. The predicted molar refractivity (Wildman–Crippen MR) is 98.3 cm³/mol. The van der Waals surface area contributed by atoms with Gasteiger partial charge >= 0.3 is 0 Å². The van der Waals surface area contributed by atoms with Gasteiger partial charge < -0.3 is 24.1 Å². The lowest BCUT2D eigenvalue weighted by Gasteiger charge is -2.30. The quantitative estimate of drug-likeness (QED) is 0.780. The highest BCUT2D eigenvalue weighted by Crippen LogP contribution is 2.30. The van der Waals surface area contributed by atoms with E-state index < -0.39 is 6.10 Å². The summed E-state index contributed by atoms with van der Waals surface area (Å²) in [5.74, 6) is 3.02. The molecule has 6 nitrogen and oxygen atoms in total. The Morgan fingerprint density at radius 2 is 1.81 bits per heavy atom. The molecule has 1 aliphatic rings. The normalized spacial score (nSPS) is 17.0. The van der Waals surface area contributed by atoms with Crippen molar-refractivity contribution in [3.8, 4) is 23.0 Å². The molecule has 26 heavy (non-hydrogen) atoms. The average Bonchev–Trinajstić information content (AvgIpc) is 2.66. The number of ether oxygens (including phenoxy) is 4. The highest BCUT2D eigenvalue weighted by atomic mass is 16.6. The first-order valence-electron chi connectivity index (χ1n) is 8.66. The molecular formula is C20H25NO5. The molecule has 0 aliphatic carbocycles. The molecule has 0 fully saturated rings. The van der Waals surface area contributed by atoms with E-state index in [0.717, 1.165) is 17.2 Å². The lowest BCUT2D eigenvalue weighted by molar-refractivity contribution is 0.0374. The molecule has 0 saturated carbocycles. The van der Waals surface area contributed by atoms with Gasteiger partial charge in [-0.15, -0.1) is 0 Å². The molecule has 2 aromatic carbocycles. The minimum absolute atomic E-state index is 0.0652. The van der Waals surface area contributed by atoms with Crippen LogP contribution in [0.1, 0.15) is 0 Å². The molecule has 0 spiro atoms. The monoisotopic (exact) mass is 359 g/mol. The fraction of sp³-hybridized carbons (Fsp3) is 0.400. The minimum Gasteiger partial charge on any atom is -0.497 e. The highest BCUT2D eigenvalue weighted by molar-refractivity contribution is 5.40. The van der Waals surface area contributed by atoms with Gasteiger partial charge in [0.1, 0.15) is 36.9 Å². The maximum Gasteiger partial charge on any atom is 0.161 e. The number of likely N-dealkylation sites (N-methyl/N-ethyl adjacent to an activating group) is 1. The van der Waals surface area contributed by atoms with Crippen molar-refractivity contribution in [2.75, 3.05) is 40.5 Å². The first-order valence-corrected chi connectivity index (χ1v) is 8.66. The van der Waals surface area contributed by atoms with E-state index in [2.05, 4.69) is 0 Å². The summed E-state index contributed by atoms with van der Waals surface area (Å²) in [6.07, 6.45) is -0.663. The largest absolute Gasteiger partial charge is 0.497 e. The summed E-state index contributed by atoms with van der Waals surface area (Å²) < 4.78 is 22.4. The molecule has 0 amide bonds. The molecule has 1 heterocycles. The fourth-order valence-electron chi connectivity index (χ4n) is 2.85. The second-order valence-electron chi connectivity index (χ2n) is 6.36. The van der Waals surface area contributed by atoms with Gasteiger partial charge in [0.2, 0.25) is 0 Å². The van der Waals surface area contributed by atoms with Crippen LogP contribution in [0.4, 0.5) is 0 Å². The molecule has 6 heteroatoms. The molecule has 3 rings (SSSR count). The first kappa shape index (κ1) is 18.4. The van der Waals surface area contributed by atoms with E-state index in [1.165, 1.54) is 0 Å². The molecule has 2 aromatic rings. The molecule has 2 atom stereocenters. The van der Waals surface area contributed by atoms with E-state index in [1.807, 2.05) is 60.5 Å². The average molecular weight is 359 g/mol. The number of nitrogens with zero attached hydrogens (tertiary/aromatic N) is 1. The number of para-hydroxylation sites is 2. The summed E-state index contributed by atoms with van der Waals surface area (Å²) in [7, 11) is 3.57. The van der Waals surface area contributed by atoms with E-state index >= 15 is 0 Å². The summed E-state index contributed by atoms with van der Waals surface area (Å²) in [5, 5.41) is 10.2. The molecule has 2 unspecified atom stereocenters. The maximum absolute atomic E-state index is 10.2. The Kier molecular flexibility index (Phi) is 6.20. The number of rotatable bonds is 8. The third-order valence-corrected chi connectivity index (χ3v) is 4.11. The van der Waals surface area contributed by atoms with Gasteiger partial charge in [-0.3, -0.25) is 4.90 Å². The number of aliphatic hydroxyl groups is 1. The lowest BCUT2D eigenvalue weighted by atomic mass is 10.2. The zero-order chi connectivity index (χ0) is 18.4. The van der Waals surface area contributed by atoms with Crippen LogP contribution in [-0.4, -0.2) is 62.7 Å². The van der Waals surface area contributed by atoms with Gasteiger partial charge in [0.05, 0.1) is 7.11 Å². The highest BCUT2D eigenvalue weighted by Gasteiger charge is 2.22. The second kappa shape index (κ2) is 8.78. The fourth-order valence-corrected chi connectivity index (χ4v) is 2.85. The zero-order valence-corrected chi connectivity index (χ0v) is 15.1. The van der Waals surface area contributed by atoms with Crippen LogP contribution in [0.5, 0.6) is 23.0 Å². The zero-order valence-electron chi connectivity index (χ0n) is 15.1. The molecular weight excluding hydrogens is 334 g/mol. The van der Waals surface area contributed by atoms with E-state index in [9.17, 15) is 5.11 Å². The van der Waals surface area contributed by atoms with Crippen LogP contribution in [0.3, 0.4) is 0 Å². The summed E-state index contributed by atoms with van der Waals surface area (Å²) >= 11 is 0. The SMILES string of the molecule is COc1ccc(OCC(O)CN(C)CC2COc3ccccc3O2)cc1. The van der Waals surface area contributed by atoms with Gasteiger partial charge in [0.15, 0.2) is 11.5 Å². The Morgan fingerprint density at radius 1 is 1.12 bits per heavy atom. The van der Waals surface area contributed by atoms with Crippen molar-refractivity contribution in [2.45, 2.75) is 12.2 Å². The molecule has 0 radical (unpaired) electrons. The van der Waals surface area contributed by atoms with E-state index in [0.29, 0.717) is 25.4 Å². The predicted octanol–water partition coefficient (Wildman–Crippen LogP) is 2.21. The van der Waals surface area contributed by atoms with Crippen molar-refractivity contribution in [1.82, 2.24) is 4.90 Å². The molecule has 0 saturated heterocycles. The van der Waals surface area contributed by atoms with Crippen molar-refractivity contribution in [1.29, 1.82) is 0 Å². The Balaban J connectivity index is 1.40. The third-order valence-electron chi connectivity index (χ3n) is 4.11. The van der Waals surface area contributed by atoms with Crippen molar-refractivity contribution >= 4 is 0 Å². The topological polar surface area (TPSA) is 60.4 Å². The molecule has 140 valence electrons. The van der Waals surface area contributed by atoms with Crippen molar-refractivity contribution in [3.63, 3.8) is 0 Å². The summed E-state index contributed by atoms with van der Waals surface area (Å²) in [6, 6.07) is 14.9. The van der Waals surface area contributed by atoms with Crippen LogP contribution in [0, 0.1) is 0 Å². The summed E-state index contributed by atoms with van der Waals surface area (Å²) in [5.41, 5.74) is 0. The van der Waals surface area contributed by atoms with Crippen molar-refractivity contribution in [2.24, 2.45) is 0 Å². The Bertz CT molecular complexity index is 691. The summed E-state index contributed by atoms with van der Waals surface area (Å²) in [6.45, 7) is 1.87. The standard InChI is InChI=1S/C20H25NO5/c1-21(12-18-14-25-19-5-3-4-6-20(19)26-18)11-15(22)13-24-17-9-7-16(23-2)8-10-17/h3-10,15,18,22H,11-14H2,1-2H3. The number of benzene rings is 2. The molecule has 1 N–H and O–H groups in total. The Morgan fingerprint density at radius 3 is 2.54 bits per heavy atom. The lowest BCUT2D eigenvalue weighted by Crippen LogP contribution is -2.42. The van der Waals surface area contributed by atoms with Crippen molar-refractivity contribution < 1.29 is 24.1 Å². The van der Waals surface area contributed by atoms with Crippen LogP contribution in [0.15, 0.2) is 48.5 Å². The maximum atomic E-state index is 10.2. The molecule has 0 bridgehead atoms. The number of hydrogen-bond acceptors (Lipinski definition) is 6. The van der Waals surface area contributed by atoms with E-state index in [1.54, 1.807) is 7.11 Å². The Labute approximate surface area is 153 Å². The van der Waals surface area contributed by atoms with Crippen LogP contribution in [0.2, 0.25) is 0 Å². The number of aliphatic hydroxyl groups excluding tert-OH is 1. The molecule has 0 aromatic heterocycles. The van der Waals surface area contributed by atoms with E-state index in [4.69, 9.17) is 18.9 Å². The van der Waals surface area contributed by atoms with Crippen LogP contribution in [-0.2, 0) is 0 Å². The second-order valence-corrected chi connectivity index (χ2v) is 6.36. The van der Waals surface area contributed by atoms with Crippen LogP contribution < -0.4 is 18.9 Å². The summed E-state index contributed by atoms with van der Waals surface area (Å²) in [4.78, 5) is 2.02. The van der Waals surface area contributed by atoms with Gasteiger partial charge in [-0.1, -0.05) is 12.1 Å². The number of methoxy groups -OCH3 is 1. The van der Waals surface area contributed by atoms with Gasteiger partial charge in [-0.05, 0) is 43.4 Å². The Hall–Kier alpha value is -2.44. The van der Waals surface area contributed by atoms with Gasteiger partial charge in [-0.2, -0.15) is 0 Å². The van der Waals surface area contributed by atoms with Crippen LogP contribution in [0.25, 0.3) is 0 Å². The third kappa shape index (κ3) is 5.03. The van der Waals surface area contributed by atoms with Gasteiger partial charge in [0, 0.05) is 13.1 Å². The van der Waals surface area contributed by atoms with Gasteiger partial charge in [0.25, 0.3) is 0 Å². The van der Waals surface area contributed by atoms with Crippen molar-refractivity contribution in [3.05, 3.63) is 48.5 Å². The minimum atomic E-state index is -0.598. The smallest absolute Gasteiger partial charge is 0.161 e. The number of fused-ring (bicyclic) bond motifs is 1.